The number of aliphatic carboxylic acids is 1. The minimum absolute atomic E-state index is 0.220. The molecule has 3 heterocycles. The molecule has 0 aromatic carbocycles. The van der Waals surface area contributed by atoms with E-state index in [4.69, 9.17) is 5.11 Å². The lowest BCUT2D eigenvalue weighted by atomic mass is 9.97. The summed E-state index contributed by atoms with van der Waals surface area (Å²) < 4.78 is 1.84. The molecule has 1 aliphatic carbocycles. The van der Waals surface area contributed by atoms with Gasteiger partial charge in [0.1, 0.15) is 5.82 Å². The van der Waals surface area contributed by atoms with Crippen LogP contribution in [0.1, 0.15) is 37.4 Å². The molecule has 1 saturated heterocycles. The second-order valence-corrected chi connectivity index (χ2v) is 5.89. The minimum atomic E-state index is -0.687. The number of rotatable bonds is 3. The molecular formula is C14H17N5O2. The number of aromatic nitrogens is 4. The first-order valence-electron chi connectivity index (χ1n) is 7.42. The van der Waals surface area contributed by atoms with E-state index < -0.39 is 5.97 Å². The molecule has 2 aromatic heterocycles. The van der Waals surface area contributed by atoms with E-state index >= 15 is 0 Å². The number of fused-ring (bicyclic) bond motifs is 1. The van der Waals surface area contributed by atoms with Gasteiger partial charge in [0.05, 0.1) is 5.92 Å². The Labute approximate surface area is 121 Å². The van der Waals surface area contributed by atoms with Crippen LogP contribution in [0.25, 0.3) is 5.65 Å². The molecule has 7 nitrogen and oxygen atoms in total. The predicted octanol–water partition coefficient (Wildman–Crippen LogP) is 1.30. The van der Waals surface area contributed by atoms with Crippen molar-refractivity contribution in [2.24, 2.45) is 5.92 Å². The highest BCUT2D eigenvalue weighted by Crippen LogP contribution is 2.38. The minimum Gasteiger partial charge on any atom is -0.481 e. The molecule has 7 heteroatoms. The Morgan fingerprint density at radius 2 is 1.90 bits per heavy atom. The molecule has 1 N–H and O–H groups in total. The topological polar surface area (TPSA) is 83.6 Å². The van der Waals surface area contributed by atoms with Crippen molar-refractivity contribution in [3.8, 4) is 0 Å². The first-order chi connectivity index (χ1) is 10.2. The molecule has 110 valence electrons. The van der Waals surface area contributed by atoms with Crippen molar-refractivity contribution in [3.63, 3.8) is 0 Å². The number of carboxylic acids is 1. The van der Waals surface area contributed by atoms with Gasteiger partial charge < -0.3 is 10.0 Å². The number of hydrogen-bond donors (Lipinski definition) is 1. The summed E-state index contributed by atoms with van der Waals surface area (Å²) >= 11 is 0. The van der Waals surface area contributed by atoms with Gasteiger partial charge in [-0.2, -0.15) is 4.52 Å². The Balaban J connectivity index is 1.59. The summed E-state index contributed by atoms with van der Waals surface area (Å²) in [6.45, 7) is 1.47. The maximum absolute atomic E-state index is 11.0. The molecule has 0 spiro atoms. The summed E-state index contributed by atoms with van der Waals surface area (Å²) in [5.41, 5.74) is 0.779. The largest absolute Gasteiger partial charge is 0.481 e. The third kappa shape index (κ3) is 2.22. The van der Waals surface area contributed by atoms with Crippen LogP contribution < -0.4 is 4.90 Å². The molecule has 2 aromatic rings. The predicted molar refractivity (Wildman–Crippen MR) is 75.3 cm³/mol. The third-order valence-electron chi connectivity index (χ3n) is 4.38. The zero-order valence-electron chi connectivity index (χ0n) is 11.6. The van der Waals surface area contributed by atoms with Crippen molar-refractivity contribution in [1.82, 2.24) is 19.8 Å². The first-order valence-corrected chi connectivity index (χ1v) is 7.42. The molecule has 4 rings (SSSR count). The number of piperidine rings is 1. The molecule has 0 unspecified atom stereocenters. The summed E-state index contributed by atoms with van der Waals surface area (Å²) in [7, 11) is 0. The highest BCUT2D eigenvalue weighted by molar-refractivity contribution is 5.70. The number of anilines is 1. The summed E-state index contributed by atoms with van der Waals surface area (Å²) in [6, 6.07) is 3.88. The lowest BCUT2D eigenvalue weighted by molar-refractivity contribution is -0.142. The fraction of sp³-hybridized carbons (Fsp3) is 0.571. The standard InChI is InChI=1S/C14H17N5O2/c20-14(21)10-5-7-18(8-6-10)12-4-3-11-15-16-13(9-1-2-9)19(11)17-12/h3-4,9-10H,1-2,5-8H2,(H,20,21). The SMILES string of the molecule is O=C(O)C1CCN(c2ccc3nnc(C4CC4)n3n2)CC1. The molecule has 21 heavy (non-hydrogen) atoms. The molecular weight excluding hydrogens is 270 g/mol. The van der Waals surface area contributed by atoms with E-state index in [1.165, 1.54) is 0 Å². The lowest BCUT2D eigenvalue weighted by Gasteiger charge is -2.30. The fourth-order valence-electron chi connectivity index (χ4n) is 2.92. The van der Waals surface area contributed by atoms with Crippen LogP contribution in [0.15, 0.2) is 12.1 Å². The number of nitrogens with zero attached hydrogens (tertiary/aromatic N) is 5. The second-order valence-electron chi connectivity index (χ2n) is 5.89. The maximum atomic E-state index is 11.0. The fourth-order valence-corrected chi connectivity index (χ4v) is 2.92. The molecule has 1 saturated carbocycles. The van der Waals surface area contributed by atoms with Gasteiger partial charge in [0, 0.05) is 19.0 Å². The first kappa shape index (κ1) is 12.6. The molecule has 0 radical (unpaired) electrons. The van der Waals surface area contributed by atoms with Crippen LogP contribution in [0.2, 0.25) is 0 Å². The van der Waals surface area contributed by atoms with Crippen molar-refractivity contribution < 1.29 is 9.90 Å². The molecule has 0 bridgehead atoms. The van der Waals surface area contributed by atoms with E-state index in [1.54, 1.807) is 0 Å². The lowest BCUT2D eigenvalue weighted by Crippen LogP contribution is -2.37. The maximum Gasteiger partial charge on any atom is 0.306 e. The van der Waals surface area contributed by atoms with Gasteiger partial charge in [-0.15, -0.1) is 15.3 Å². The van der Waals surface area contributed by atoms with Crippen LogP contribution in [0.3, 0.4) is 0 Å². The Hall–Kier alpha value is -2.18. The highest BCUT2D eigenvalue weighted by atomic mass is 16.4. The average Bonchev–Trinajstić information content (AvgIpc) is 3.26. The van der Waals surface area contributed by atoms with E-state index in [-0.39, 0.29) is 5.92 Å². The Bertz CT molecular complexity index is 686. The molecule has 2 aliphatic rings. The number of carbonyl (C=O) groups is 1. The van der Waals surface area contributed by atoms with Gasteiger partial charge in [0.25, 0.3) is 0 Å². The summed E-state index contributed by atoms with van der Waals surface area (Å²) in [4.78, 5) is 13.2. The average molecular weight is 287 g/mol. The van der Waals surface area contributed by atoms with Crippen molar-refractivity contribution in [2.45, 2.75) is 31.6 Å². The van der Waals surface area contributed by atoms with E-state index in [0.29, 0.717) is 18.8 Å². The van der Waals surface area contributed by atoms with Crippen LogP contribution >= 0.6 is 0 Å². The molecule has 0 amide bonds. The summed E-state index contributed by atoms with van der Waals surface area (Å²) in [5, 5.41) is 22.1. The Morgan fingerprint density at radius 3 is 2.57 bits per heavy atom. The van der Waals surface area contributed by atoms with Crippen LogP contribution in [0, 0.1) is 5.92 Å². The van der Waals surface area contributed by atoms with Gasteiger partial charge >= 0.3 is 5.97 Å². The van der Waals surface area contributed by atoms with Crippen LogP contribution in [0.5, 0.6) is 0 Å². The quantitative estimate of drug-likeness (QED) is 0.916. The second kappa shape index (κ2) is 4.68. The van der Waals surface area contributed by atoms with Gasteiger partial charge in [0.15, 0.2) is 11.5 Å². The Kier molecular flexibility index (Phi) is 2.80. The van der Waals surface area contributed by atoms with Gasteiger partial charge in [-0.3, -0.25) is 4.79 Å². The van der Waals surface area contributed by atoms with E-state index in [2.05, 4.69) is 20.2 Å². The van der Waals surface area contributed by atoms with E-state index in [9.17, 15) is 4.79 Å². The normalized spacial score (nSPS) is 20.1. The van der Waals surface area contributed by atoms with Gasteiger partial charge in [-0.25, -0.2) is 0 Å². The smallest absolute Gasteiger partial charge is 0.306 e. The Morgan fingerprint density at radius 1 is 1.14 bits per heavy atom. The monoisotopic (exact) mass is 287 g/mol. The van der Waals surface area contributed by atoms with E-state index in [0.717, 1.165) is 43.2 Å². The third-order valence-corrected chi connectivity index (χ3v) is 4.38. The van der Waals surface area contributed by atoms with Crippen LogP contribution in [-0.2, 0) is 4.79 Å². The molecule has 1 aliphatic heterocycles. The van der Waals surface area contributed by atoms with Crippen molar-refractivity contribution in [2.75, 3.05) is 18.0 Å². The summed E-state index contributed by atoms with van der Waals surface area (Å²) in [5.74, 6) is 1.43. The number of carboxylic acid groups (broad SMARTS) is 1. The van der Waals surface area contributed by atoms with Crippen LogP contribution in [-0.4, -0.2) is 44.0 Å². The molecule has 2 fully saturated rings. The highest BCUT2D eigenvalue weighted by Gasteiger charge is 2.30. The zero-order chi connectivity index (χ0) is 14.4. The molecule has 0 atom stereocenters. The van der Waals surface area contributed by atoms with Crippen LogP contribution in [0.4, 0.5) is 5.82 Å². The van der Waals surface area contributed by atoms with Crippen molar-refractivity contribution in [3.05, 3.63) is 18.0 Å². The number of hydrogen-bond acceptors (Lipinski definition) is 5. The van der Waals surface area contributed by atoms with E-state index in [1.807, 2.05) is 16.6 Å². The van der Waals surface area contributed by atoms with Crippen molar-refractivity contribution in [1.29, 1.82) is 0 Å². The van der Waals surface area contributed by atoms with Gasteiger partial charge in [0.2, 0.25) is 0 Å². The van der Waals surface area contributed by atoms with Gasteiger partial charge in [-0.05, 0) is 37.8 Å². The van der Waals surface area contributed by atoms with Gasteiger partial charge in [-0.1, -0.05) is 0 Å². The van der Waals surface area contributed by atoms with Crippen molar-refractivity contribution >= 4 is 17.4 Å². The summed E-state index contributed by atoms with van der Waals surface area (Å²) in [6.07, 6.45) is 3.67. The zero-order valence-corrected chi connectivity index (χ0v) is 11.6.